The fourth-order valence-electron chi connectivity index (χ4n) is 4.75. The highest BCUT2D eigenvalue weighted by molar-refractivity contribution is 6.03. The summed E-state index contributed by atoms with van der Waals surface area (Å²) in [6, 6.07) is 6.14. The van der Waals surface area contributed by atoms with Crippen molar-refractivity contribution in [2.45, 2.75) is 25.9 Å². The molecule has 3 aromatic rings. The minimum absolute atomic E-state index is 0.0621. The summed E-state index contributed by atoms with van der Waals surface area (Å²) in [4.78, 5) is 0. The summed E-state index contributed by atoms with van der Waals surface area (Å²) >= 11 is 0. The van der Waals surface area contributed by atoms with E-state index in [9.17, 15) is 5.11 Å². The normalized spacial score (nSPS) is 24.5. The van der Waals surface area contributed by atoms with Gasteiger partial charge in [-0.15, -0.1) is 0 Å². The number of hydrogen-bond acceptors (Lipinski definition) is 7. The third-order valence-electron chi connectivity index (χ3n) is 6.76. The summed E-state index contributed by atoms with van der Waals surface area (Å²) in [5.41, 5.74) is 5.43. The van der Waals surface area contributed by atoms with Crippen LogP contribution in [0.5, 0.6) is 5.88 Å². The van der Waals surface area contributed by atoms with Crippen molar-refractivity contribution in [3.8, 4) is 17.0 Å². The number of H-pyrrole nitrogens is 1. The van der Waals surface area contributed by atoms with Crippen molar-refractivity contribution in [2.24, 2.45) is 18.1 Å². The van der Waals surface area contributed by atoms with Gasteiger partial charge in [-0.05, 0) is 47.9 Å². The number of nitrogens with zero attached hydrogens (tertiary/aromatic N) is 5. The number of nitrogens with one attached hydrogen (secondary N) is 1. The lowest BCUT2D eigenvalue weighted by atomic mass is 9.99. The first-order valence-corrected chi connectivity index (χ1v) is 12.2. The third-order valence-corrected chi connectivity index (χ3v) is 6.76. The van der Waals surface area contributed by atoms with E-state index in [-0.39, 0.29) is 5.92 Å². The molecule has 0 spiro atoms. The van der Waals surface area contributed by atoms with E-state index in [1.165, 1.54) is 0 Å². The summed E-state index contributed by atoms with van der Waals surface area (Å²) in [7, 11) is 1.88. The van der Waals surface area contributed by atoms with Crippen LogP contribution < -0.4 is 4.74 Å². The van der Waals surface area contributed by atoms with Crippen molar-refractivity contribution in [1.29, 1.82) is 0 Å². The quantitative estimate of drug-likeness (QED) is 0.509. The molecule has 3 aliphatic rings. The van der Waals surface area contributed by atoms with Crippen LogP contribution in [-0.2, 0) is 16.5 Å². The predicted octanol–water partition coefficient (Wildman–Crippen LogP) is 2.86. The minimum Gasteiger partial charge on any atom is -0.477 e. The highest BCUT2D eigenvalue weighted by Crippen LogP contribution is 2.33. The standard InChI is InChI=1S/C26H29N6O4/c1-16-19-5-7-23-20-12-17(4-6-22(20)28-29-23)21-13-27-31(2)25(21)35-9-3-10-36-26(19)32(30-16)14-18-8-11-34-15-24(18)33/h4-7,12-14,18,24,33H,3,8-11,15H2,1-2H3,(H,28,29)/q+1/b7-5+,32-14?/t18?,24-/m0/s1. The number of aliphatic hydroxyl groups is 1. The first-order chi connectivity index (χ1) is 17.6. The van der Waals surface area contributed by atoms with Gasteiger partial charge in [0.15, 0.2) is 6.21 Å². The number of aryl methyl sites for hydroxylation is 1. The van der Waals surface area contributed by atoms with Gasteiger partial charge < -0.3 is 19.3 Å². The molecule has 1 aromatic carbocycles. The Morgan fingerprint density at radius 2 is 2.08 bits per heavy atom. The first kappa shape index (κ1) is 22.7. The van der Waals surface area contributed by atoms with Crippen LogP contribution in [0.2, 0.25) is 0 Å². The molecule has 1 unspecified atom stereocenters. The Morgan fingerprint density at radius 3 is 2.97 bits per heavy atom. The smallest absolute Gasteiger partial charge is 0.408 e. The van der Waals surface area contributed by atoms with Gasteiger partial charge in [-0.2, -0.15) is 10.2 Å². The molecule has 2 aromatic heterocycles. The maximum Gasteiger partial charge on any atom is 0.408 e. The fourth-order valence-corrected chi connectivity index (χ4v) is 4.75. The molecule has 0 radical (unpaired) electrons. The van der Waals surface area contributed by atoms with E-state index in [0.717, 1.165) is 45.4 Å². The fraction of sp³-hybridized carbons (Fsp3) is 0.385. The molecule has 10 heteroatoms. The molecule has 2 N–H and O–H groups in total. The number of rotatable bonds is 1. The lowest BCUT2D eigenvalue weighted by Crippen LogP contribution is -2.34. The van der Waals surface area contributed by atoms with Gasteiger partial charge in [0.2, 0.25) is 5.88 Å². The van der Waals surface area contributed by atoms with E-state index in [1.54, 1.807) is 9.37 Å². The number of ether oxygens (including phenoxy) is 3. The Balaban J connectivity index is 1.42. The zero-order valence-corrected chi connectivity index (χ0v) is 20.3. The van der Waals surface area contributed by atoms with Crippen LogP contribution in [0.1, 0.15) is 25.5 Å². The Morgan fingerprint density at radius 1 is 1.19 bits per heavy atom. The summed E-state index contributed by atoms with van der Waals surface area (Å²) in [5, 5.41) is 28.2. The van der Waals surface area contributed by atoms with Crippen LogP contribution in [0.25, 0.3) is 28.1 Å². The van der Waals surface area contributed by atoms with Crippen molar-refractivity contribution in [1.82, 2.24) is 20.0 Å². The minimum atomic E-state index is -0.566. The third kappa shape index (κ3) is 4.12. The maximum atomic E-state index is 10.4. The number of hydrazone groups is 1. The average Bonchev–Trinajstić information content (AvgIpc) is 3.53. The molecule has 186 valence electrons. The van der Waals surface area contributed by atoms with Gasteiger partial charge in [0.1, 0.15) is 11.3 Å². The van der Waals surface area contributed by atoms with E-state index in [1.807, 2.05) is 50.7 Å². The molecular formula is C26H29N6O4+. The number of allylic oxidation sites excluding steroid dienone is 2. The number of benzene rings is 1. The Hall–Kier alpha value is -3.76. The van der Waals surface area contributed by atoms with Gasteiger partial charge in [-0.25, -0.2) is 4.68 Å². The second-order valence-corrected chi connectivity index (χ2v) is 9.23. The summed E-state index contributed by atoms with van der Waals surface area (Å²) in [6.07, 6.45) is 8.63. The number of aliphatic hydroxyl groups excluding tert-OH is 1. The van der Waals surface area contributed by atoms with E-state index in [2.05, 4.69) is 21.4 Å². The second kappa shape index (κ2) is 9.36. The second-order valence-electron chi connectivity index (χ2n) is 9.23. The van der Waals surface area contributed by atoms with E-state index in [4.69, 9.17) is 19.3 Å². The average molecular weight is 490 g/mol. The topological polar surface area (TPSA) is 110 Å². The van der Waals surface area contributed by atoms with Gasteiger partial charge in [0.25, 0.3) is 0 Å². The summed E-state index contributed by atoms with van der Waals surface area (Å²) in [6.45, 7) is 3.83. The first-order valence-electron chi connectivity index (χ1n) is 12.2. The van der Waals surface area contributed by atoms with E-state index >= 15 is 0 Å². The van der Waals surface area contributed by atoms with Crippen LogP contribution in [0.3, 0.4) is 0 Å². The van der Waals surface area contributed by atoms with Gasteiger partial charge >= 0.3 is 5.88 Å². The largest absolute Gasteiger partial charge is 0.477 e. The van der Waals surface area contributed by atoms with Crippen molar-refractivity contribution < 1.29 is 24.0 Å². The van der Waals surface area contributed by atoms with Crippen molar-refractivity contribution in [3.63, 3.8) is 0 Å². The molecule has 2 atom stereocenters. The maximum absolute atomic E-state index is 10.4. The van der Waals surface area contributed by atoms with Gasteiger partial charge in [-0.3, -0.25) is 5.10 Å². The van der Waals surface area contributed by atoms with Crippen LogP contribution in [0, 0.1) is 5.92 Å². The highest BCUT2D eigenvalue weighted by Gasteiger charge is 2.34. The van der Waals surface area contributed by atoms with Gasteiger partial charge in [0.05, 0.1) is 54.8 Å². The molecule has 3 aliphatic heterocycles. The van der Waals surface area contributed by atoms with E-state index < -0.39 is 6.10 Å². The van der Waals surface area contributed by atoms with Crippen LogP contribution in [0.4, 0.5) is 0 Å². The monoisotopic (exact) mass is 489 g/mol. The van der Waals surface area contributed by atoms with Crippen LogP contribution in [-0.4, -0.2) is 74.2 Å². The Kier molecular flexibility index (Phi) is 5.90. The highest BCUT2D eigenvalue weighted by atomic mass is 16.5. The molecule has 0 saturated carbocycles. The van der Waals surface area contributed by atoms with Gasteiger partial charge in [0, 0.05) is 30.6 Å². The molecule has 1 fully saturated rings. The van der Waals surface area contributed by atoms with Crippen molar-refractivity contribution in [3.05, 3.63) is 47.6 Å². The molecule has 36 heavy (non-hydrogen) atoms. The van der Waals surface area contributed by atoms with E-state index in [0.29, 0.717) is 44.6 Å². The molecule has 1 saturated heterocycles. The number of aromatic amines is 1. The molecule has 5 heterocycles. The Labute approximate surface area is 208 Å². The molecule has 0 aliphatic carbocycles. The Bertz CT molecular complexity index is 1430. The zero-order valence-electron chi connectivity index (χ0n) is 20.3. The number of hydrogen-bond donors (Lipinski definition) is 2. The zero-order chi connectivity index (χ0) is 24.6. The lowest BCUT2D eigenvalue weighted by Gasteiger charge is -2.22. The molecule has 10 nitrogen and oxygen atoms in total. The van der Waals surface area contributed by atoms with Gasteiger partial charge in [-0.1, -0.05) is 6.07 Å². The summed E-state index contributed by atoms with van der Waals surface area (Å²) in [5.74, 6) is 1.30. The van der Waals surface area contributed by atoms with Crippen molar-refractivity contribution >= 4 is 28.9 Å². The SMILES string of the molecule is CC1=N[N+](=CC2CCOC[C@@H]2O)C2=C1/C=C/c1[nH]nc3ccc(cc13)-c1cnn(C)c1OCCCO2. The molecule has 6 rings (SSSR count). The van der Waals surface area contributed by atoms with Crippen LogP contribution >= 0.6 is 0 Å². The molecule has 2 bridgehead atoms. The summed E-state index contributed by atoms with van der Waals surface area (Å²) < 4.78 is 21.3. The number of aromatic nitrogens is 4. The lowest BCUT2D eigenvalue weighted by molar-refractivity contribution is -0.509. The predicted molar refractivity (Wildman–Crippen MR) is 135 cm³/mol. The van der Waals surface area contributed by atoms with Crippen LogP contribution in [0.15, 0.2) is 47.0 Å². The molecule has 0 amide bonds. The molecular weight excluding hydrogens is 460 g/mol. The van der Waals surface area contributed by atoms with Crippen molar-refractivity contribution in [2.75, 3.05) is 26.4 Å². The number of fused-ring (bicyclic) bond motifs is 3.